The van der Waals surface area contributed by atoms with Gasteiger partial charge in [-0.1, -0.05) is 11.6 Å². The number of halogens is 1. The Hall–Kier alpha value is -3.58. The molecule has 7 nitrogen and oxygen atoms in total. The number of amides is 2. The number of benzene rings is 2. The fraction of sp³-hybridized carbons (Fsp3) is 0.0952. The maximum Gasteiger partial charge on any atom is 0.255 e. The number of aromatic hydroxyl groups is 1. The quantitative estimate of drug-likeness (QED) is 0.510. The number of aryl methyl sites for hydroxylation is 1. The van der Waals surface area contributed by atoms with E-state index in [2.05, 4.69) is 15.6 Å². The molecule has 8 heteroatoms. The molecule has 0 spiro atoms. The number of aromatic nitrogens is 1. The molecule has 3 aromatic rings. The molecule has 0 aliphatic carbocycles. The van der Waals surface area contributed by atoms with Gasteiger partial charge in [0.05, 0.1) is 16.4 Å². The highest BCUT2D eigenvalue weighted by molar-refractivity contribution is 6.30. The van der Waals surface area contributed by atoms with Crippen LogP contribution in [0.4, 0.5) is 11.4 Å². The van der Waals surface area contributed by atoms with Gasteiger partial charge in [0, 0.05) is 30.1 Å². The number of carbonyl (C=O) groups is 2. The van der Waals surface area contributed by atoms with Crippen molar-refractivity contribution in [2.24, 2.45) is 5.73 Å². The zero-order chi connectivity index (χ0) is 21.1. The summed E-state index contributed by atoms with van der Waals surface area (Å²) < 4.78 is 0. The Morgan fingerprint density at radius 1 is 1.14 bits per heavy atom. The van der Waals surface area contributed by atoms with Crippen molar-refractivity contribution in [3.63, 3.8) is 0 Å². The molecule has 0 aliphatic rings. The average molecular weight is 411 g/mol. The maximum absolute atomic E-state index is 12.8. The van der Waals surface area contributed by atoms with Gasteiger partial charge >= 0.3 is 0 Å². The first-order valence-electron chi connectivity index (χ1n) is 8.69. The molecule has 0 bridgehead atoms. The Morgan fingerprint density at radius 2 is 1.83 bits per heavy atom. The summed E-state index contributed by atoms with van der Waals surface area (Å²) in [5.74, 6) is -1.63. The molecule has 0 aliphatic heterocycles. The SMILES string of the molecule is CNc1ccc(C(=O)Nc2c(-c3ccc(Cl)cn3)cc(C)c(O)c2C(N)=O)cc1. The molecule has 1 heterocycles. The normalized spacial score (nSPS) is 10.4. The standard InChI is InChI=1S/C21H19ClN4O3/c1-11-9-15(16-8-5-13(22)10-25-16)18(17(19(11)27)20(23)28)26-21(29)12-3-6-14(24-2)7-4-12/h3-10,24,27H,1-2H3,(H2,23,28)(H,26,29). The van der Waals surface area contributed by atoms with E-state index in [0.29, 0.717) is 27.4 Å². The second kappa shape index (κ2) is 8.20. The van der Waals surface area contributed by atoms with Crippen LogP contribution in [0.25, 0.3) is 11.3 Å². The van der Waals surface area contributed by atoms with Crippen LogP contribution in [0, 0.1) is 6.92 Å². The molecule has 2 amide bonds. The number of pyridine rings is 1. The number of nitrogens with two attached hydrogens (primary N) is 1. The lowest BCUT2D eigenvalue weighted by molar-refractivity contribution is 0.0998. The largest absolute Gasteiger partial charge is 0.507 e. The number of anilines is 2. The van der Waals surface area contributed by atoms with Gasteiger partial charge in [0.1, 0.15) is 11.3 Å². The zero-order valence-corrected chi connectivity index (χ0v) is 16.5. The predicted molar refractivity (Wildman–Crippen MR) is 114 cm³/mol. The monoisotopic (exact) mass is 410 g/mol. The van der Waals surface area contributed by atoms with Crippen molar-refractivity contribution in [1.82, 2.24) is 4.98 Å². The van der Waals surface area contributed by atoms with Gasteiger partial charge in [-0.2, -0.15) is 0 Å². The fourth-order valence-electron chi connectivity index (χ4n) is 2.89. The molecule has 0 saturated carbocycles. The zero-order valence-electron chi connectivity index (χ0n) is 15.8. The number of hydrogen-bond acceptors (Lipinski definition) is 5. The van der Waals surface area contributed by atoms with Crippen LogP contribution in [0.2, 0.25) is 5.02 Å². The molecule has 0 radical (unpaired) electrons. The summed E-state index contributed by atoms with van der Waals surface area (Å²) in [6, 6.07) is 11.7. The van der Waals surface area contributed by atoms with Crippen molar-refractivity contribution in [1.29, 1.82) is 0 Å². The third kappa shape index (κ3) is 4.14. The fourth-order valence-corrected chi connectivity index (χ4v) is 3.00. The first-order valence-corrected chi connectivity index (χ1v) is 9.07. The molecule has 2 aromatic carbocycles. The summed E-state index contributed by atoms with van der Waals surface area (Å²) in [6.07, 6.45) is 1.45. The lowest BCUT2D eigenvalue weighted by Crippen LogP contribution is -2.20. The maximum atomic E-state index is 12.8. The van der Waals surface area contributed by atoms with E-state index in [1.54, 1.807) is 56.4 Å². The minimum Gasteiger partial charge on any atom is -0.507 e. The summed E-state index contributed by atoms with van der Waals surface area (Å²) >= 11 is 5.91. The highest BCUT2D eigenvalue weighted by Gasteiger charge is 2.23. The number of hydrogen-bond donors (Lipinski definition) is 4. The number of nitrogens with one attached hydrogen (secondary N) is 2. The van der Waals surface area contributed by atoms with Crippen molar-refractivity contribution in [3.8, 4) is 17.0 Å². The van der Waals surface area contributed by atoms with E-state index >= 15 is 0 Å². The van der Waals surface area contributed by atoms with E-state index in [4.69, 9.17) is 17.3 Å². The summed E-state index contributed by atoms with van der Waals surface area (Å²) in [5, 5.41) is 16.5. The Kier molecular flexibility index (Phi) is 5.70. The van der Waals surface area contributed by atoms with Crippen LogP contribution < -0.4 is 16.4 Å². The Bertz CT molecular complexity index is 1080. The number of carbonyl (C=O) groups excluding carboxylic acids is 2. The Morgan fingerprint density at radius 3 is 2.38 bits per heavy atom. The summed E-state index contributed by atoms with van der Waals surface area (Å²) in [7, 11) is 1.77. The molecule has 3 rings (SSSR count). The average Bonchev–Trinajstić information content (AvgIpc) is 2.71. The lowest BCUT2D eigenvalue weighted by atomic mass is 9.98. The van der Waals surface area contributed by atoms with Crippen molar-refractivity contribution in [2.75, 3.05) is 17.7 Å². The lowest BCUT2D eigenvalue weighted by Gasteiger charge is -2.17. The van der Waals surface area contributed by atoms with Crippen molar-refractivity contribution < 1.29 is 14.7 Å². The van der Waals surface area contributed by atoms with Gasteiger partial charge in [0.15, 0.2) is 0 Å². The molecule has 5 N–H and O–H groups in total. The van der Waals surface area contributed by atoms with Gasteiger partial charge in [-0.05, 0) is 55.0 Å². The number of primary amides is 1. The highest BCUT2D eigenvalue weighted by Crippen LogP contribution is 2.38. The van der Waals surface area contributed by atoms with Crippen LogP contribution in [0.1, 0.15) is 26.3 Å². The van der Waals surface area contributed by atoms with E-state index in [1.807, 2.05) is 0 Å². The second-order valence-corrected chi connectivity index (χ2v) is 6.78. The molecule has 1 aromatic heterocycles. The summed E-state index contributed by atoms with van der Waals surface area (Å²) in [4.78, 5) is 29.2. The van der Waals surface area contributed by atoms with E-state index < -0.39 is 11.8 Å². The molecule has 0 unspecified atom stereocenters. The molecule has 0 fully saturated rings. The van der Waals surface area contributed by atoms with E-state index in [9.17, 15) is 14.7 Å². The Labute approximate surface area is 172 Å². The number of phenols is 1. The van der Waals surface area contributed by atoms with Crippen LogP contribution >= 0.6 is 11.6 Å². The van der Waals surface area contributed by atoms with Gasteiger partial charge in [-0.3, -0.25) is 14.6 Å². The second-order valence-electron chi connectivity index (χ2n) is 6.35. The van der Waals surface area contributed by atoms with Crippen LogP contribution in [0.5, 0.6) is 5.75 Å². The van der Waals surface area contributed by atoms with Crippen LogP contribution in [0.15, 0.2) is 48.7 Å². The molecule has 0 atom stereocenters. The van der Waals surface area contributed by atoms with Crippen LogP contribution in [-0.4, -0.2) is 29.0 Å². The molecule has 29 heavy (non-hydrogen) atoms. The first kappa shape index (κ1) is 20.2. The number of nitrogens with zero attached hydrogens (tertiary/aromatic N) is 1. The van der Waals surface area contributed by atoms with Crippen molar-refractivity contribution in [3.05, 3.63) is 70.4 Å². The summed E-state index contributed by atoms with van der Waals surface area (Å²) in [6.45, 7) is 1.63. The van der Waals surface area contributed by atoms with E-state index in [-0.39, 0.29) is 17.0 Å². The van der Waals surface area contributed by atoms with E-state index in [1.165, 1.54) is 6.20 Å². The van der Waals surface area contributed by atoms with Gasteiger partial charge in [0.2, 0.25) is 0 Å². The topological polar surface area (TPSA) is 117 Å². The Balaban J connectivity index is 2.13. The van der Waals surface area contributed by atoms with Crippen LogP contribution in [0.3, 0.4) is 0 Å². The first-order chi connectivity index (χ1) is 13.8. The van der Waals surface area contributed by atoms with Crippen molar-refractivity contribution >= 4 is 34.8 Å². The van der Waals surface area contributed by atoms with Gasteiger partial charge < -0.3 is 21.5 Å². The van der Waals surface area contributed by atoms with Crippen LogP contribution in [-0.2, 0) is 0 Å². The van der Waals surface area contributed by atoms with Gasteiger partial charge in [-0.25, -0.2) is 0 Å². The molecular formula is C21H19ClN4O3. The highest BCUT2D eigenvalue weighted by atomic mass is 35.5. The van der Waals surface area contributed by atoms with Crippen molar-refractivity contribution in [2.45, 2.75) is 6.92 Å². The summed E-state index contributed by atoms with van der Waals surface area (Å²) in [5.41, 5.74) is 7.94. The van der Waals surface area contributed by atoms with Gasteiger partial charge in [0.25, 0.3) is 11.8 Å². The predicted octanol–water partition coefficient (Wildman–Crippen LogP) is 3.81. The third-order valence-electron chi connectivity index (χ3n) is 4.41. The van der Waals surface area contributed by atoms with Gasteiger partial charge in [-0.15, -0.1) is 0 Å². The molecule has 0 saturated heterocycles. The number of rotatable bonds is 5. The molecular weight excluding hydrogens is 392 g/mol. The smallest absolute Gasteiger partial charge is 0.255 e. The third-order valence-corrected chi connectivity index (χ3v) is 4.64. The van der Waals surface area contributed by atoms with E-state index in [0.717, 1.165) is 5.69 Å². The molecule has 148 valence electrons. The minimum absolute atomic E-state index is 0.0816. The minimum atomic E-state index is -0.873.